The summed E-state index contributed by atoms with van der Waals surface area (Å²) in [5.41, 5.74) is 1.30. The lowest BCUT2D eigenvalue weighted by atomic mass is 9.71. The van der Waals surface area contributed by atoms with E-state index in [1.165, 1.54) is 6.07 Å². The Hall–Kier alpha value is -3.40. The Bertz CT molecular complexity index is 1430. The summed E-state index contributed by atoms with van der Waals surface area (Å²) in [5.74, 6) is -0.922. The second-order valence-electron chi connectivity index (χ2n) is 13.2. The molecule has 3 aliphatic rings. The minimum Gasteiger partial charge on any atom is -0.393 e. The number of carbonyl (C=O) groups is 2. The lowest BCUT2D eigenvalue weighted by Crippen LogP contribution is -2.55. The number of nitrogens with one attached hydrogen (secondary N) is 1. The lowest BCUT2D eigenvalue weighted by Gasteiger charge is -2.48. The molecule has 2 amide bonds. The molecule has 5 rings (SSSR count). The molecule has 0 spiro atoms. The Morgan fingerprint density at radius 2 is 1.78 bits per heavy atom. The Labute approximate surface area is 263 Å². The van der Waals surface area contributed by atoms with E-state index in [9.17, 15) is 27.9 Å². The molecule has 3 atom stereocenters. The van der Waals surface area contributed by atoms with Crippen molar-refractivity contribution in [2.75, 3.05) is 30.4 Å². The summed E-state index contributed by atoms with van der Waals surface area (Å²) in [4.78, 5) is 36.0. The Balaban J connectivity index is 1.39. The molecule has 7 nitrogen and oxygen atoms in total. The molecule has 2 N–H and O–H groups in total. The smallest absolute Gasteiger partial charge is 0.393 e. The van der Waals surface area contributed by atoms with E-state index in [0.29, 0.717) is 43.7 Å². The van der Waals surface area contributed by atoms with Crippen LogP contribution in [0.15, 0.2) is 41.4 Å². The van der Waals surface area contributed by atoms with Crippen molar-refractivity contribution in [3.8, 4) is 0 Å². The third-order valence-corrected chi connectivity index (χ3v) is 9.95. The van der Waals surface area contributed by atoms with E-state index in [1.54, 1.807) is 17.0 Å². The number of nitrogens with zero attached hydrogens (tertiary/aromatic N) is 3. The predicted octanol–water partition coefficient (Wildman–Crippen LogP) is 6.97. The van der Waals surface area contributed by atoms with E-state index < -0.39 is 29.7 Å². The Kier molecular flexibility index (Phi) is 9.63. The number of aliphatic hydroxyl groups excluding tert-OH is 1. The van der Waals surface area contributed by atoms with Crippen molar-refractivity contribution in [3.63, 3.8) is 0 Å². The number of aryl methyl sites for hydroxylation is 1. The van der Waals surface area contributed by atoms with Crippen LogP contribution < -0.4 is 10.2 Å². The van der Waals surface area contributed by atoms with Crippen molar-refractivity contribution in [2.24, 2.45) is 10.9 Å². The van der Waals surface area contributed by atoms with E-state index in [1.807, 2.05) is 24.9 Å². The second kappa shape index (κ2) is 13.1. The van der Waals surface area contributed by atoms with Gasteiger partial charge in [0.15, 0.2) is 0 Å². The molecule has 2 aromatic carbocycles. The standard InChI is InChI=1S/C35H45F3N4O3/c1-5-11-34(12-6-2)20-31-24(21-39-34)17-30(33(45)41(31)4)29-19-26(8-7-22(29)3)40-32(44)23-15-25(35(36,37)38)18-27(16-23)42-13-9-28(43)10-14-42/h7-8,15-16,18-19,21,24,28,30-31,43H,5-6,9-14,17,20H2,1-4H3,(H,40,44). The number of benzene rings is 2. The maximum absolute atomic E-state index is 13.8. The van der Waals surface area contributed by atoms with Gasteiger partial charge in [-0.1, -0.05) is 32.8 Å². The number of fused-ring (bicyclic) bond motifs is 1. The van der Waals surface area contributed by atoms with Crippen molar-refractivity contribution < 1.29 is 27.9 Å². The number of hydrogen-bond donors (Lipinski definition) is 2. The predicted molar refractivity (Wildman–Crippen MR) is 171 cm³/mol. The molecule has 0 aliphatic carbocycles. The van der Waals surface area contributed by atoms with Gasteiger partial charge >= 0.3 is 6.18 Å². The average molecular weight is 627 g/mol. The third-order valence-electron chi connectivity index (χ3n) is 9.95. The maximum Gasteiger partial charge on any atom is 0.416 e. The third kappa shape index (κ3) is 7.05. The van der Waals surface area contributed by atoms with Crippen LogP contribution in [0.4, 0.5) is 24.5 Å². The topological polar surface area (TPSA) is 85.2 Å². The fourth-order valence-electron chi connectivity index (χ4n) is 7.53. The second-order valence-corrected chi connectivity index (χ2v) is 13.2. The SMILES string of the molecule is CCCC1(CCC)CC2C(C=N1)CC(c1cc(NC(=O)c3cc(N4CCC(O)CC4)cc(C(F)(F)F)c3)ccc1C)C(=O)N2C. The van der Waals surface area contributed by atoms with E-state index in [0.717, 1.165) is 55.4 Å². The summed E-state index contributed by atoms with van der Waals surface area (Å²) in [6.45, 7) is 7.08. The molecule has 2 aromatic rings. The first kappa shape index (κ1) is 33.0. The number of aliphatic imine (C=N–C) groups is 1. The van der Waals surface area contributed by atoms with Crippen LogP contribution in [-0.4, -0.2) is 65.9 Å². The van der Waals surface area contributed by atoms with Crippen molar-refractivity contribution in [1.82, 2.24) is 4.90 Å². The van der Waals surface area contributed by atoms with Gasteiger partial charge in [0.25, 0.3) is 5.91 Å². The monoisotopic (exact) mass is 626 g/mol. The number of likely N-dealkylation sites (tertiary alicyclic amines) is 1. The highest BCUT2D eigenvalue weighted by atomic mass is 19.4. The number of piperidine rings is 2. The highest BCUT2D eigenvalue weighted by molar-refractivity contribution is 6.05. The molecule has 0 saturated carbocycles. The van der Waals surface area contributed by atoms with Crippen LogP contribution in [0.3, 0.4) is 0 Å². The van der Waals surface area contributed by atoms with Crippen molar-refractivity contribution >= 4 is 29.4 Å². The van der Waals surface area contributed by atoms with Crippen LogP contribution in [0.1, 0.15) is 98.2 Å². The van der Waals surface area contributed by atoms with Gasteiger partial charge in [-0.05, 0) is 86.9 Å². The average Bonchev–Trinajstić information content (AvgIpc) is 3.00. The molecule has 3 aliphatic heterocycles. The van der Waals surface area contributed by atoms with Crippen molar-refractivity contribution in [3.05, 3.63) is 58.7 Å². The quantitative estimate of drug-likeness (QED) is 0.332. The van der Waals surface area contributed by atoms with Crippen LogP contribution in [0.2, 0.25) is 0 Å². The first-order valence-corrected chi connectivity index (χ1v) is 16.2. The van der Waals surface area contributed by atoms with Crippen LogP contribution in [0, 0.1) is 12.8 Å². The molecular formula is C35H45F3N4O3. The fourth-order valence-corrected chi connectivity index (χ4v) is 7.53. The molecule has 0 radical (unpaired) electrons. The first-order valence-electron chi connectivity index (χ1n) is 16.2. The van der Waals surface area contributed by atoms with Crippen molar-refractivity contribution in [2.45, 2.75) is 102 Å². The maximum atomic E-state index is 13.8. The molecule has 2 fully saturated rings. The highest BCUT2D eigenvalue weighted by Gasteiger charge is 2.46. The number of rotatable bonds is 8. The molecule has 0 aromatic heterocycles. The number of likely N-dealkylation sites (N-methyl/N-ethyl adjacent to an activating group) is 1. The summed E-state index contributed by atoms with van der Waals surface area (Å²) >= 11 is 0. The van der Waals surface area contributed by atoms with Gasteiger partial charge in [0, 0.05) is 55.2 Å². The molecule has 244 valence electrons. The van der Waals surface area contributed by atoms with Crippen LogP contribution >= 0.6 is 0 Å². The summed E-state index contributed by atoms with van der Waals surface area (Å²) < 4.78 is 41.5. The Morgan fingerprint density at radius 1 is 1.09 bits per heavy atom. The number of hydrogen-bond acceptors (Lipinski definition) is 5. The van der Waals surface area contributed by atoms with Gasteiger partial charge in [-0.3, -0.25) is 14.6 Å². The molecule has 10 heteroatoms. The van der Waals surface area contributed by atoms with Gasteiger partial charge in [0.05, 0.1) is 23.1 Å². The van der Waals surface area contributed by atoms with Crippen LogP contribution in [0.5, 0.6) is 0 Å². The minimum absolute atomic E-state index is 0.0363. The zero-order valence-electron chi connectivity index (χ0n) is 26.7. The first-order chi connectivity index (χ1) is 21.3. The van der Waals surface area contributed by atoms with Crippen LogP contribution in [0.25, 0.3) is 0 Å². The summed E-state index contributed by atoms with van der Waals surface area (Å²) in [6, 6.07) is 8.81. The molecule has 3 heterocycles. The van der Waals surface area contributed by atoms with Crippen molar-refractivity contribution in [1.29, 1.82) is 0 Å². The van der Waals surface area contributed by atoms with E-state index >= 15 is 0 Å². The number of carbonyl (C=O) groups excluding carboxylic acids is 2. The molecule has 45 heavy (non-hydrogen) atoms. The minimum atomic E-state index is -4.63. The summed E-state index contributed by atoms with van der Waals surface area (Å²) in [6.07, 6.45) is 3.42. The molecule has 0 bridgehead atoms. The van der Waals surface area contributed by atoms with Gasteiger partial charge in [0.2, 0.25) is 5.91 Å². The number of alkyl halides is 3. The largest absolute Gasteiger partial charge is 0.416 e. The van der Waals surface area contributed by atoms with E-state index in [-0.39, 0.29) is 29.0 Å². The fraction of sp³-hybridized carbons (Fsp3) is 0.571. The zero-order chi connectivity index (χ0) is 32.5. The number of amides is 2. The normalized spacial score (nSPS) is 23.6. The van der Waals surface area contributed by atoms with Gasteiger partial charge in [-0.2, -0.15) is 13.2 Å². The van der Waals surface area contributed by atoms with Gasteiger partial charge < -0.3 is 20.2 Å². The molecule has 3 unspecified atom stereocenters. The van der Waals surface area contributed by atoms with E-state index in [4.69, 9.17) is 4.99 Å². The lowest BCUT2D eigenvalue weighted by molar-refractivity contribution is -0.139. The summed E-state index contributed by atoms with van der Waals surface area (Å²) in [5, 5.41) is 12.6. The number of aliphatic hydroxyl groups is 1. The molecular weight excluding hydrogens is 581 g/mol. The van der Waals surface area contributed by atoms with E-state index in [2.05, 4.69) is 25.4 Å². The number of anilines is 2. The highest BCUT2D eigenvalue weighted by Crippen LogP contribution is 2.44. The van der Waals surface area contributed by atoms with Gasteiger partial charge in [0.1, 0.15) is 0 Å². The van der Waals surface area contributed by atoms with Gasteiger partial charge in [-0.15, -0.1) is 0 Å². The molecule has 2 saturated heterocycles. The zero-order valence-corrected chi connectivity index (χ0v) is 26.7. The Morgan fingerprint density at radius 3 is 2.42 bits per heavy atom. The van der Waals surface area contributed by atoms with Crippen LogP contribution in [-0.2, 0) is 11.0 Å². The number of halogens is 3. The van der Waals surface area contributed by atoms with Gasteiger partial charge in [-0.25, -0.2) is 0 Å². The summed E-state index contributed by atoms with van der Waals surface area (Å²) in [7, 11) is 1.88.